The normalized spacial score (nSPS) is 17.8. The van der Waals surface area contributed by atoms with Gasteiger partial charge in [0.05, 0.1) is 11.1 Å². The second-order valence-corrected chi connectivity index (χ2v) is 15.4. The number of carbonyl (C=O) groups is 2. The third-order valence-corrected chi connectivity index (χ3v) is 11.0. The zero-order valence-electron chi connectivity index (χ0n) is 34.5. The summed E-state index contributed by atoms with van der Waals surface area (Å²) in [6, 6.07) is 19.8. The summed E-state index contributed by atoms with van der Waals surface area (Å²) in [6.07, 6.45) is 4.47. The highest BCUT2D eigenvalue weighted by atomic mass is 19.3. The van der Waals surface area contributed by atoms with E-state index in [0.717, 1.165) is 68.7 Å². The quantitative estimate of drug-likeness (QED) is 0.0643. The Hall–Kier alpha value is -5.25. The van der Waals surface area contributed by atoms with Gasteiger partial charge in [0.15, 0.2) is 19.1 Å². The monoisotopic (exact) mass is 798 g/mol. The summed E-state index contributed by atoms with van der Waals surface area (Å²) in [5, 5.41) is 4.09. The summed E-state index contributed by atoms with van der Waals surface area (Å²) in [5.74, 6) is -4.85. The average Bonchev–Trinajstić information content (AvgIpc) is 3.46. The molecule has 1 aliphatic carbocycles. The Labute approximate surface area is 338 Å². The second-order valence-electron chi connectivity index (χ2n) is 15.4. The molecule has 3 atom stereocenters. The van der Waals surface area contributed by atoms with Crippen molar-refractivity contribution in [1.29, 1.82) is 0 Å². The topological polar surface area (TPSA) is 69.9 Å². The Morgan fingerprint density at radius 1 is 1.00 bits per heavy atom. The number of aromatic nitrogens is 1. The SMILES string of the molecule is C=c1/c(=c2/cccc/c2=C(/C)C(=O)C2C(C)=CC(C)=CC2C)n(CC(CC)CCCC)c2ccc(/C(=N\COC(C)=O)c3ccccc3OCC(F)(F)C(F)F)cc12. The van der Waals surface area contributed by atoms with Crippen molar-refractivity contribution in [2.45, 2.75) is 93.0 Å². The smallest absolute Gasteiger partial charge is 0.340 e. The van der Waals surface area contributed by atoms with Gasteiger partial charge < -0.3 is 14.0 Å². The van der Waals surface area contributed by atoms with Crippen LogP contribution in [0.25, 0.3) is 23.1 Å². The van der Waals surface area contributed by atoms with Gasteiger partial charge in [-0.15, -0.1) is 0 Å². The molecule has 5 rings (SSSR count). The Morgan fingerprint density at radius 3 is 2.38 bits per heavy atom. The van der Waals surface area contributed by atoms with Crippen LogP contribution in [0, 0.1) is 28.3 Å². The van der Waals surface area contributed by atoms with Gasteiger partial charge in [0, 0.05) is 57.4 Å². The van der Waals surface area contributed by atoms with Gasteiger partial charge in [-0.05, 0) is 68.5 Å². The molecule has 6 nitrogen and oxygen atoms in total. The molecule has 0 saturated carbocycles. The number of halogens is 4. The van der Waals surface area contributed by atoms with Crippen molar-refractivity contribution in [2.24, 2.45) is 22.7 Å². The molecule has 0 N–H and O–H groups in total. The lowest BCUT2D eigenvalue weighted by atomic mass is 9.77. The van der Waals surface area contributed by atoms with Gasteiger partial charge in [0.2, 0.25) is 0 Å². The maximum atomic E-state index is 14.4. The largest absolute Gasteiger partial charge is 0.486 e. The molecule has 58 heavy (non-hydrogen) atoms. The fourth-order valence-electron chi connectivity index (χ4n) is 8.04. The summed E-state index contributed by atoms with van der Waals surface area (Å²) in [7, 11) is 0. The molecule has 0 bridgehead atoms. The van der Waals surface area contributed by atoms with E-state index < -0.39 is 24.9 Å². The number of para-hydroxylation sites is 1. The third kappa shape index (κ3) is 9.71. The molecule has 4 aromatic rings. The number of fused-ring (bicyclic) bond motifs is 1. The molecule has 0 spiro atoms. The van der Waals surface area contributed by atoms with Crippen molar-refractivity contribution in [3.8, 4) is 5.75 Å². The molecule has 308 valence electrons. The molecule has 1 heterocycles. The van der Waals surface area contributed by atoms with Crippen LogP contribution in [0.2, 0.25) is 0 Å². The van der Waals surface area contributed by atoms with Crippen molar-refractivity contribution >= 4 is 40.5 Å². The van der Waals surface area contributed by atoms with Crippen molar-refractivity contribution in [3.05, 3.63) is 122 Å². The Kier molecular flexibility index (Phi) is 14.4. The lowest BCUT2D eigenvalue weighted by Gasteiger charge is -2.26. The fraction of sp³-hybridized carbons (Fsp3) is 0.396. The van der Waals surface area contributed by atoms with Crippen LogP contribution in [0.3, 0.4) is 0 Å². The van der Waals surface area contributed by atoms with Crippen molar-refractivity contribution in [3.63, 3.8) is 0 Å². The number of benzene rings is 3. The van der Waals surface area contributed by atoms with Gasteiger partial charge in [0.25, 0.3) is 0 Å². The number of ether oxygens (including phenoxy) is 2. The van der Waals surface area contributed by atoms with Crippen LogP contribution >= 0.6 is 0 Å². The van der Waals surface area contributed by atoms with E-state index in [0.29, 0.717) is 23.6 Å². The molecular weight excluding hydrogens is 745 g/mol. The van der Waals surface area contributed by atoms with Gasteiger partial charge >= 0.3 is 18.3 Å². The Balaban J connectivity index is 1.80. The van der Waals surface area contributed by atoms with Crippen LogP contribution in [-0.2, 0) is 20.9 Å². The zero-order chi connectivity index (χ0) is 42.3. The molecule has 0 amide bonds. The first-order valence-electron chi connectivity index (χ1n) is 20.0. The number of hydrogen-bond acceptors (Lipinski definition) is 5. The standard InChI is InChI=1S/C48H54F4N2O4/c1-9-11-16-35(10-2)26-54-41-22-21-36(44(53-28-58-34(8)55)39-19-14-15-20-42(39)57-27-48(51,52)47(49)50)25-40(41)32(6)45(54)38-18-13-12-17-37(38)33(7)46(56)43-30(4)23-29(3)24-31(43)5/h12-15,17-25,30,35,43,47H,6,9-11,16,26-28H2,1-5,7-8H3/b37-33+,45-38+,53-44+. The summed E-state index contributed by atoms with van der Waals surface area (Å²) in [4.78, 5) is 30.7. The highest BCUT2D eigenvalue weighted by molar-refractivity contribution is 6.17. The molecule has 1 aromatic heterocycles. The van der Waals surface area contributed by atoms with Crippen LogP contribution in [0.15, 0.2) is 95.0 Å². The van der Waals surface area contributed by atoms with E-state index >= 15 is 0 Å². The van der Waals surface area contributed by atoms with Gasteiger partial charge in [0.1, 0.15) is 5.75 Å². The number of alkyl halides is 4. The number of ketones is 1. The number of Topliss-reactive ketones (excluding diaryl/α,β-unsaturated/α-hetero) is 1. The molecule has 10 heteroatoms. The number of esters is 1. The summed E-state index contributed by atoms with van der Waals surface area (Å²) < 4.78 is 67.0. The van der Waals surface area contributed by atoms with Crippen LogP contribution in [-0.4, -0.2) is 47.7 Å². The minimum absolute atomic E-state index is 0.0461. The lowest BCUT2D eigenvalue weighted by Crippen LogP contribution is -2.34. The molecular formula is C48H54F4N2O4. The molecule has 0 saturated heterocycles. The van der Waals surface area contributed by atoms with E-state index in [1.807, 2.05) is 56.3 Å². The number of unbranched alkanes of at least 4 members (excludes halogenated alkanes) is 1. The zero-order valence-corrected chi connectivity index (χ0v) is 34.5. The van der Waals surface area contributed by atoms with Crippen molar-refractivity contribution < 1.29 is 36.6 Å². The van der Waals surface area contributed by atoms with E-state index in [1.54, 1.807) is 18.2 Å². The number of nitrogens with zero attached hydrogens (tertiary/aromatic N) is 2. The van der Waals surface area contributed by atoms with Crippen molar-refractivity contribution in [1.82, 2.24) is 4.57 Å². The van der Waals surface area contributed by atoms with Gasteiger partial charge in [-0.25, -0.2) is 13.8 Å². The van der Waals surface area contributed by atoms with E-state index in [-0.39, 0.29) is 41.4 Å². The fourth-order valence-corrected chi connectivity index (χ4v) is 8.04. The van der Waals surface area contributed by atoms with E-state index in [9.17, 15) is 27.2 Å². The van der Waals surface area contributed by atoms with Crippen molar-refractivity contribution in [2.75, 3.05) is 13.3 Å². The van der Waals surface area contributed by atoms with E-state index in [2.05, 4.69) is 56.0 Å². The summed E-state index contributed by atoms with van der Waals surface area (Å²) in [6.45, 7) is 17.1. The first-order chi connectivity index (χ1) is 27.6. The van der Waals surface area contributed by atoms with Crippen LogP contribution in [0.1, 0.15) is 85.3 Å². The molecule has 1 aliphatic rings. The number of allylic oxidation sites excluding steroid dienone is 4. The van der Waals surface area contributed by atoms with Crippen LogP contribution in [0.5, 0.6) is 5.75 Å². The van der Waals surface area contributed by atoms with E-state index in [4.69, 9.17) is 9.47 Å². The average molecular weight is 799 g/mol. The lowest BCUT2D eigenvalue weighted by molar-refractivity contribution is -0.148. The maximum absolute atomic E-state index is 14.4. The molecule has 3 aromatic carbocycles. The highest BCUT2D eigenvalue weighted by Gasteiger charge is 2.42. The third-order valence-electron chi connectivity index (χ3n) is 11.0. The highest BCUT2D eigenvalue weighted by Crippen LogP contribution is 2.32. The van der Waals surface area contributed by atoms with E-state index in [1.165, 1.54) is 13.0 Å². The Bertz CT molecular complexity index is 2460. The molecule has 0 fully saturated rings. The van der Waals surface area contributed by atoms with Gasteiger partial charge in [-0.3, -0.25) is 9.59 Å². The molecule has 0 radical (unpaired) electrons. The number of carbonyl (C=O) groups excluding carboxylic acids is 2. The first-order valence-corrected chi connectivity index (χ1v) is 20.0. The molecule has 0 aliphatic heterocycles. The first kappa shape index (κ1) is 43.9. The minimum atomic E-state index is -4.38. The Morgan fingerprint density at radius 2 is 1.71 bits per heavy atom. The second kappa shape index (κ2) is 19.0. The molecule has 3 unspecified atom stereocenters. The summed E-state index contributed by atoms with van der Waals surface area (Å²) in [5.41, 5.74) is 4.77. The predicted octanol–water partition coefficient (Wildman–Crippen LogP) is 10.1. The van der Waals surface area contributed by atoms with Gasteiger partial charge in [-0.1, -0.05) is 112 Å². The van der Waals surface area contributed by atoms with Crippen LogP contribution < -0.4 is 15.2 Å². The number of hydrogen-bond donors (Lipinski definition) is 0. The minimum Gasteiger partial charge on any atom is -0.486 e. The number of aliphatic imine (C=N–C) groups is 1. The number of rotatable bonds is 16. The predicted molar refractivity (Wildman–Crippen MR) is 224 cm³/mol. The van der Waals surface area contributed by atoms with Gasteiger partial charge in [-0.2, -0.15) is 8.78 Å². The van der Waals surface area contributed by atoms with Crippen LogP contribution in [0.4, 0.5) is 17.6 Å². The maximum Gasteiger partial charge on any atom is 0.340 e. The summed E-state index contributed by atoms with van der Waals surface area (Å²) >= 11 is 0.